The number of aromatic amines is 1. The molecule has 0 aliphatic rings. The van der Waals surface area contributed by atoms with Gasteiger partial charge in [0.15, 0.2) is 5.82 Å². The maximum absolute atomic E-state index is 12.1. The molecule has 0 saturated heterocycles. The number of hydrogen-bond acceptors (Lipinski definition) is 3. The van der Waals surface area contributed by atoms with Crippen LogP contribution in [0.15, 0.2) is 21.4 Å². The minimum atomic E-state index is -0.110. The molecule has 0 bridgehead atoms. The molecule has 0 unspecified atom stereocenters. The molecule has 2 heterocycles. The summed E-state index contributed by atoms with van der Waals surface area (Å²) in [6.07, 6.45) is 0.787. The van der Waals surface area contributed by atoms with Gasteiger partial charge in [-0.05, 0) is 45.8 Å². The summed E-state index contributed by atoms with van der Waals surface area (Å²) in [7, 11) is 0. The summed E-state index contributed by atoms with van der Waals surface area (Å²) in [5, 5.41) is 0. The van der Waals surface area contributed by atoms with Crippen LogP contribution in [0.25, 0.3) is 10.7 Å². The highest BCUT2D eigenvalue weighted by Crippen LogP contribution is 2.33. The zero-order valence-corrected chi connectivity index (χ0v) is 15.5. The predicted molar refractivity (Wildman–Crippen MR) is 93.1 cm³/mol. The number of thiophene rings is 1. The molecule has 0 amide bonds. The largest absolute Gasteiger partial charge is 0.305 e. The van der Waals surface area contributed by atoms with Gasteiger partial charge in [-0.3, -0.25) is 4.79 Å². The van der Waals surface area contributed by atoms with E-state index in [1.165, 1.54) is 4.88 Å². The van der Waals surface area contributed by atoms with Gasteiger partial charge in [-0.25, -0.2) is 4.98 Å². The van der Waals surface area contributed by atoms with Crippen LogP contribution >= 0.6 is 27.3 Å². The quantitative estimate of drug-likeness (QED) is 0.848. The van der Waals surface area contributed by atoms with Crippen molar-refractivity contribution in [2.75, 3.05) is 0 Å². The van der Waals surface area contributed by atoms with E-state index in [0.717, 1.165) is 17.0 Å². The monoisotopic (exact) mass is 368 g/mol. The predicted octanol–water partition coefficient (Wildman–Crippen LogP) is 4.76. The van der Waals surface area contributed by atoms with Crippen molar-refractivity contribution in [3.8, 4) is 10.7 Å². The lowest BCUT2D eigenvalue weighted by molar-refractivity contribution is 0.604. The Balaban J connectivity index is 2.47. The van der Waals surface area contributed by atoms with E-state index in [9.17, 15) is 4.79 Å². The molecule has 114 valence electrons. The first kappa shape index (κ1) is 16.4. The number of rotatable bonds is 3. The first-order valence-electron chi connectivity index (χ1n) is 7.08. The van der Waals surface area contributed by atoms with Crippen molar-refractivity contribution in [1.82, 2.24) is 9.97 Å². The van der Waals surface area contributed by atoms with Crippen LogP contribution in [0.5, 0.6) is 0 Å². The SMILES string of the molecule is CC(C)Cc1nc(-c2ccc(C(C)(C)C)s2)[nH]c(=O)c1Br. The average Bonchev–Trinajstić information content (AvgIpc) is 2.83. The van der Waals surface area contributed by atoms with Gasteiger partial charge in [0, 0.05) is 4.88 Å². The Hall–Kier alpha value is -0.940. The fourth-order valence-electron chi connectivity index (χ4n) is 2.01. The van der Waals surface area contributed by atoms with Gasteiger partial charge in [0.05, 0.1) is 10.6 Å². The molecule has 0 aliphatic carbocycles. The van der Waals surface area contributed by atoms with Crippen LogP contribution in [-0.4, -0.2) is 9.97 Å². The second kappa shape index (κ2) is 6.05. The molecule has 2 aromatic rings. The van der Waals surface area contributed by atoms with Crippen LogP contribution in [-0.2, 0) is 11.8 Å². The fraction of sp³-hybridized carbons (Fsp3) is 0.500. The molecule has 0 aliphatic heterocycles. The normalized spacial score (nSPS) is 12.1. The molecular formula is C16H21BrN2OS. The van der Waals surface area contributed by atoms with Crippen molar-refractivity contribution in [3.63, 3.8) is 0 Å². The van der Waals surface area contributed by atoms with Gasteiger partial charge in [0.2, 0.25) is 0 Å². The maximum atomic E-state index is 12.1. The Labute approximate surface area is 138 Å². The number of nitrogens with zero attached hydrogens (tertiary/aromatic N) is 1. The van der Waals surface area contributed by atoms with Gasteiger partial charge >= 0.3 is 0 Å². The van der Waals surface area contributed by atoms with E-state index in [0.29, 0.717) is 16.2 Å². The Kier molecular flexibility index (Phi) is 4.73. The fourth-order valence-corrected chi connectivity index (χ4v) is 3.37. The summed E-state index contributed by atoms with van der Waals surface area (Å²) in [6.45, 7) is 10.8. The average molecular weight is 369 g/mol. The van der Waals surface area contributed by atoms with Crippen molar-refractivity contribution in [2.45, 2.75) is 46.5 Å². The van der Waals surface area contributed by atoms with Gasteiger partial charge in [0.25, 0.3) is 5.56 Å². The molecular weight excluding hydrogens is 348 g/mol. The Morgan fingerprint density at radius 1 is 1.33 bits per heavy atom. The molecule has 0 radical (unpaired) electrons. The number of H-pyrrole nitrogens is 1. The summed E-state index contributed by atoms with van der Waals surface area (Å²) in [4.78, 5) is 21.9. The van der Waals surface area contributed by atoms with Crippen LogP contribution in [0.3, 0.4) is 0 Å². The molecule has 21 heavy (non-hydrogen) atoms. The van der Waals surface area contributed by atoms with E-state index in [4.69, 9.17) is 0 Å². The zero-order chi connectivity index (χ0) is 15.8. The van der Waals surface area contributed by atoms with Gasteiger partial charge in [-0.2, -0.15) is 0 Å². The lowest BCUT2D eigenvalue weighted by Crippen LogP contribution is -2.14. The highest BCUT2D eigenvalue weighted by molar-refractivity contribution is 9.10. The number of aromatic nitrogens is 2. The lowest BCUT2D eigenvalue weighted by Gasteiger charge is -2.15. The van der Waals surface area contributed by atoms with E-state index in [1.807, 2.05) is 6.07 Å². The summed E-state index contributed by atoms with van der Waals surface area (Å²) in [5.41, 5.74) is 0.829. The van der Waals surface area contributed by atoms with Crippen LogP contribution < -0.4 is 5.56 Å². The molecule has 0 atom stereocenters. The molecule has 1 N–H and O–H groups in total. The third-order valence-electron chi connectivity index (χ3n) is 3.11. The van der Waals surface area contributed by atoms with Crippen LogP contribution in [0, 0.1) is 5.92 Å². The van der Waals surface area contributed by atoms with Gasteiger partial charge in [0.1, 0.15) is 4.47 Å². The van der Waals surface area contributed by atoms with E-state index in [2.05, 4.69) is 66.6 Å². The van der Waals surface area contributed by atoms with E-state index in [-0.39, 0.29) is 11.0 Å². The Morgan fingerprint density at radius 2 is 2.00 bits per heavy atom. The molecule has 2 aromatic heterocycles. The molecule has 5 heteroatoms. The van der Waals surface area contributed by atoms with E-state index >= 15 is 0 Å². The topological polar surface area (TPSA) is 45.8 Å². The van der Waals surface area contributed by atoms with E-state index in [1.54, 1.807) is 11.3 Å². The van der Waals surface area contributed by atoms with Crippen molar-refractivity contribution in [3.05, 3.63) is 37.5 Å². The van der Waals surface area contributed by atoms with Crippen molar-refractivity contribution >= 4 is 27.3 Å². The smallest absolute Gasteiger partial charge is 0.265 e. The number of halogens is 1. The lowest BCUT2D eigenvalue weighted by atomic mass is 9.95. The summed E-state index contributed by atoms with van der Waals surface area (Å²) < 4.78 is 0.549. The highest BCUT2D eigenvalue weighted by atomic mass is 79.9. The van der Waals surface area contributed by atoms with Gasteiger partial charge in [-0.1, -0.05) is 34.6 Å². The third-order valence-corrected chi connectivity index (χ3v) is 5.45. The maximum Gasteiger partial charge on any atom is 0.265 e. The summed E-state index contributed by atoms with van der Waals surface area (Å²) >= 11 is 5.04. The molecule has 2 rings (SSSR count). The van der Waals surface area contributed by atoms with Crippen molar-refractivity contribution in [1.29, 1.82) is 0 Å². The highest BCUT2D eigenvalue weighted by Gasteiger charge is 2.18. The number of nitrogens with one attached hydrogen (secondary N) is 1. The minimum absolute atomic E-state index is 0.110. The molecule has 0 saturated carbocycles. The van der Waals surface area contributed by atoms with Crippen LogP contribution in [0.1, 0.15) is 45.2 Å². The molecule has 3 nitrogen and oxygen atoms in total. The standard InChI is InChI=1S/C16H21BrN2OS/c1-9(2)8-10-13(17)15(20)19-14(18-10)11-6-7-12(21-11)16(3,4)5/h6-7,9H,8H2,1-5H3,(H,18,19,20). The summed E-state index contributed by atoms with van der Waals surface area (Å²) in [5.74, 6) is 1.12. The number of hydrogen-bond donors (Lipinski definition) is 1. The first-order chi connectivity index (χ1) is 9.68. The Morgan fingerprint density at radius 3 is 2.52 bits per heavy atom. The first-order valence-corrected chi connectivity index (χ1v) is 8.69. The zero-order valence-electron chi connectivity index (χ0n) is 13.1. The minimum Gasteiger partial charge on any atom is -0.305 e. The molecule has 0 fully saturated rings. The summed E-state index contributed by atoms with van der Waals surface area (Å²) in [6, 6.07) is 4.15. The van der Waals surface area contributed by atoms with Crippen molar-refractivity contribution < 1.29 is 0 Å². The van der Waals surface area contributed by atoms with Crippen LogP contribution in [0.4, 0.5) is 0 Å². The third kappa shape index (κ3) is 3.83. The second-order valence-electron chi connectivity index (χ2n) is 6.69. The van der Waals surface area contributed by atoms with Crippen LogP contribution in [0.2, 0.25) is 0 Å². The molecule has 0 aromatic carbocycles. The van der Waals surface area contributed by atoms with E-state index < -0.39 is 0 Å². The Bertz CT molecular complexity index is 695. The second-order valence-corrected chi connectivity index (χ2v) is 8.56. The van der Waals surface area contributed by atoms with Gasteiger partial charge < -0.3 is 4.98 Å². The molecule has 0 spiro atoms. The van der Waals surface area contributed by atoms with Crippen molar-refractivity contribution in [2.24, 2.45) is 5.92 Å². The van der Waals surface area contributed by atoms with Gasteiger partial charge in [-0.15, -0.1) is 11.3 Å².